The summed E-state index contributed by atoms with van der Waals surface area (Å²) in [5, 5.41) is 15.4. The van der Waals surface area contributed by atoms with Crippen LogP contribution in [0.1, 0.15) is 29.5 Å². The van der Waals surface area contributed by atoms with Crippen LogP contribution in [-0.2, 0) is 13.0 Å². The Kier molecular flexibility index (Phi) is 8.01. The summed E-state index contributed by atoms with van der Waals surface area (Å²) in [4.78, 5) is 4.24. The number of hydrogen-bond donors (Lipinski definition) is 2. The van der Waals surface area contributed by atoms with Crippen LogP contribution in [0.4, 0.5) is 0 Å². The van der Waals surface area contributed by atoms with Crippen molar-refractivity contribution < 1.29 is 4.74 Å². The Morgan fingerprint density at radius 2 is 1.69 bits per heavy atom. The topological polar surface area (TPSA) is 69.4 Å². The first-order valence-electron chi connectivity index (χ1n) is 8.81. The highest BCUT2D eigenvalue weighted by atomic mass is 16.5. The number of benzene rings is 2. The normalized spacial score (nSPS) is 10.9. The summed E-state index contributed by atoms with van der Waals surface area (Å²) in [6.07, 6.45) is 3.25. The number of aryl methyl sites for hydroxylation is 1. The lowest BCUT2D eigenvalue weighted by atomic mass is 10.1. The van der Waals surface area contributed by atoms with Gasteiger partial charge in [0.1, 0.15) is 5.75 Å². The van der Waals surface area contributed by atoms with E-state index in [1.165, 1.54) is 5.56 Å². The minimum Gasteiger partial charge on any atom is -0.497 e. The van der Waals surface area contributed by atoms with Gasteiger partial charge in [0.05, 0.1) is 18.7 Å². The van der Waals surface area contributed by atoms with Crippen molar-refractivity contribution >= 4 is 5.96 Å². The maximum Gasteiger partial charge on any atom is 0.191 e. The number of rotatable bonds is 8. The lowest BCUT2D eigenvalue weighted by Crippen LogP contribution is -2.37. The molecule has 0 amide bonds. The van der Waals surface area contributed by atoms with E-state index >= 15 is 0 Å². The van der Waals surface area contributed by atoms with Crippen LogP contribution in [0.25, 0.3) is 0 Å². The Bertz CT molecular complexity index is 730. The van der Waals surface area contributed by atoms with Crippen molar-refractivity contribution in [3.05, 3.63) is 65.2 Å². The predicted molar refractivity (Wildman–Crippen MR) is 105 cm³/mol. The fourth-order valence-electron chi connectivity index (χ4n) is 2.56. The number of unbranched alkanes of at least 4 members (excludes halogenated alkanes) is 1. The molecule has 0 radical (unpaired) electrons. The number of nitrogens with one attached hydrogen (secondary N) is 2. The Morgan fingerprint density at radius 3 is 2.31 bits per heavy atom. The maximum atomic E-state index is 8.82. The number of nitriles is 1. The zero-order valence-electron chi connectivity index (χ0n) is 15.5. The van der Waals surface area contributed by atoms with Crippen molar-refractivity contribution in [1.29, 1.82) is 5.26 Å². The number of hydrogen-bond acceptors (Lipinski definition) is 3. The first kappa shape index (κ1) is 19.3. The molecule has 2 N–H and O–H groups in total. The molecule has 0 aliphatic heterocycles. The van der Waals surface area contributed by atoms with E-state index in [4.69, 9.17) is 10.00 Å². The molecule has 0 aliphatic rings. The van der Waals surface area contributed by atoms with E-state index in [1.807, 2.05) is 36.4 Å². The molecule has 26 heavy (non-hydrogen) atoms. The van der Waals surface area contributed by atoms with Crippen LogP contribution in [0.2, 0.25) is 0 Å². The lowest BCUT2D eigenvalue weighted by molar-refractivity contribution is 0.414. The summed E-state index contributed by atoms with van der Waals surface area (Å²) < 4.78 is 5.17. The number of methoxy groups -OCH3 is 1. The molecule has 0 bridgehead atoms. The van der Waals surface area contributed by atoms with Crippen LogP contribution in [0.15, 0.2) is 53.5 Å². The number of aliphatic imine (C=N–C) groups is 1. The molecule has 136 valence electrons. The summed E-state index contributed by atoms with van der Waals surface area (Å²) in [6, 6.07) is 17.9. The van der Waals surface area contributed by atoms with Crippen molar-refractivity contribution in [3.8, 4) is 11.8 Å². The maximum absolute atomic E-state index is 8.82. The fraction of sp³-hybridized carbons (Fsp3) is 0.333. The Balaban J connectivity index is 1.64. The molecule has 0 fully saturated rings. The molecule has 5 heteroatoms. The third-order valence-electron chi connectivity index (χ3n) is 4.11. The molecule has 0 spiro atoms. The van der Waals surface area contributed by atoms with E-state index in [1.54, 1.807) is 14.2 Å². The van der Waals surface area contributed by atoms with Gasteiger partial charge in [0, 0.05) is 20.1 Å². The quantitative estimate of drug-likeness (QED) is 0.436. The highest BCUT2D eigenvalue weighted by Gasteiger charge is 2.00. The van der Waals surface area contributed by atoms with E-state index in [0.717, 1.165) is 43.1 Å². The zero-order valence-corrected chi connectivity index (χ0v) is 15.5. The number of ether oxygens (including phenoxy) is 1. The standard InChI is InChI=1S/C21H26N4O/c1-23-21(25-16-19-8-6-18(15-22)7-9-19)24-14-4-3-5-17-10-12-20(26-2)13-11-17/h6-13H,3-5,14,16H2,1-2H3,(H2,23,24,25). The smallest absolute Gasteiger partial charge is 0.191 e. The number of guanidine groups is 1. The lowest BCUT2D eigenvalue weighted by Gasteiger charge is -2.12. The molecule has 0 saturated carbocycles. The second-order valence-electron chi connectivity index (χ2n) is 5.97. The summed E-state index contributed by atoms with van der Waals surface area (Å²) in [7, 11) is 3.45. The molecule has 2 rings (SSSR count). The molecule has 2 aromatic carbocycles. The van der Waals surface area contributed by atoms with E-state index in [9.17, 15) is 0 Å². The van der Waals surface area contributed by atoms with Gasteiger partial charge in [-0.3, -0.25) is 4.99 Å². The van der Waals surface area contributed by atoms with Gasteiger partial charge in [-0.1, -0.05) is 24.3 Å². The average molecular weight is 350 g/mol. The van der Waals surface area contributed by atoms with Crippen molar-refractivity contribution in [2.24, 2.45) is 4.99 Å². The van der Waals surface area contributed by atoms with Gasteiger partial charge in [-0.15, -0.1) is 0 Å². The summed E-state index contributed by atoms with van der Waals surface area (Å²) in [5.74, 6) is 1.69. The van der Waals surface area contributed by atoms with E-state index in [-0.39, 0.29) is 0 Å². The first-order chi connectivity index (χ1) is 12.7. The van der Waals surface area contributed by atoms with Crippen molar-refractivity contribution in [2.75, 3.05) is 20.7 Å². The number of nitrogens with zero attached hydrogens (tertiary/aromatic N) is 2. The van der Waals surface area contributed by atoms with Crippen molar-refractivity contribution in [2.45, 2.75) is 25.8 Å². The van der Waals surface area contributed by atoms with Gasteiger partial charge in [0.25, 0.3) is 0 Å². The van der Waals surface area contributed by atoms with Crippen LogP contribution in [-0.4, -0.2) is 26.7 Å². The Morgan fingerprint density at radius 1 is 1.00 bits per heavy atom. The minimum absolute atomic E-state index is 0.674. The van der Waals surface area contributed by atoms with Gasteiger partial charge < -0.3 is 15.4 Å². The van der Waals surface area contributed by atoms with Gasteiger partial charge >= 0.3 is 0 Å². The predicted octanol–water partition coefficient (Wildman–Crippen LogP) is 3.25. The molecular weight excluding hydrogens is 324 g/mol. The second-order valence-corrected chi connectivity index (χ2v) is 5.97. The highest BCUT2D eigenvalue weighted by molar-refractivity contribution is 5.79. The largest absolute Gasteiger partial charge is 0.497 e. The molecule has 0 atom stereocenters. The van der Waals surface area contributed by atoms with E-state index in [2.05, 4.69) is 33.8 Å². The van der Waals surface area contributed by atoms with Crippen molar-refractivity contribution in [3.63, 3.8) is 0 Å². The van der Waals surface area contributed by atoms with Gasteiger partial charge in [-0.25, -0.2) is 0 Å². The zero-order chi connectivity index (χ0) is 18.6. The van der Waals surface area contributed by atoms with Crippen LogP contribution >= 0.6 is 0 Å². The summed E-state index contributed by atoms with van der Waals surface area (Å²) in [6.45, 7) is 1.56. The average Bonchev–Trinajstić information content (AvgIpc) is 2.71. The molecule has 0 heterocycles. The van der Waals surface area contributed by atoms with Crippen LogP contribution in [0.5, 0.6) is 5.75 Å². The highest BCUT2D eigenvalue weighted by Crippen LogP contribution is 2.13. The van der Waals surface area contributed by atoms with E-state index in [0.29, 0.717) is 12.1 Å². The van der Waals surface area contributed by atoms with Gasteiger partial charge in [0.15, 0.2) is 5.96 Å². The monoisotopic (exact) mass is 350 g/mol. The van der Waals surface area contributed by atoms with Crippen LogP contribution in [0, 0.1) is 11.3 Å². The minimum atomic E-state index is 0.674. The van der Waals surface area contributed by atoms with Crippen LogP contribution < -0.4 is 15.4 Å². The third-order valence-corrected chi connectivity index (χ3v) is 4.11. The molecule has 0 unspecified atom stereocenters. The van der Waals surface area contributed by atoms with Crippen molar-refractivity contribution in [1.82, 2.24) is 10.6 Å². The SMILES string of the molecule is CN=C(NCCCCc1ccc(OC)cc1)NCc1ccc(C#N)cc1. The summed E-state index contributed by atoms with van der Waals surface area (Å²) >= 11 is 0. The molecular formula is C21H26N4O. The Labute approximate surface area is 155 Å². The fourth-order valence-corrected chi connectivity index (χ4v) is 2.56. The first-order valence-corrected chi connectivity index (χ1v) is 8.81. The summed E-state index contributed by atoms with van der Waals surface area (Å²) in [5.41, 5.74) is 3.12. The van der Waals surface area contributed by atoms with Gasteiger partial charge in [-0.05, 0) is 54.7 Å². The second kappa shape index (κ2) is 10.8. The molecule has 2 aromatic rings. The molecule has 0 saturated heterocycles. The third kappa shape index (κ3) is 6.48. The molecule has 5 nitrogen and oxygen atoms in total. The van der Waals surface area contributed by atoms with Gasteiger partial charge in [0.2, 0.25) is 0 Å². The van der Waals surface area contributed by atoms with E-state index < -0.39 is 0 Å². The van der Waals surface area contributed by atoms with Gasteiger partial charge in [-0.2, -0.15) is 5.26 Å². The van der Waals surface area contributed by atoms with Crippen LogP contribution in [0.3, 0.4) is 0 Å². The molecule has 0 aromatic heterocycles. The molecule has 0 aliphatic carbocycles. The Hall–Kier alpha value is -3.00.